The first kappa shape index (κ1) is 11.7. The number of benzene rings is 1. The van der Waals surface area contributed by atoms with Gasteiger partial charge >= 0.3 is 0 Å². The molecule has 2 rings (SSSR count). The number of hydrogen-bond donors (Lipinski definition) is 1. The zero-order chi connectivity index (χ0) is 12.3. The van der Waals surface area contributed by atoms with Gasteiger partial charge < -0.3 is 14.4 Å². The quantitative estimate of drug-likeness (QED) is 0.880. The van der Waals surface area contributed by atoms with E-state index in [2.05, 4.69) is 5.16 Å². The van der Waals surface area contributed by atoms with Crippen molar-refractivity contribution in [3.05, 3.63) is 47.3 Å². The van der Waals surface area contributed by atoms with Crippen LogP contribution >= 0.6 is 0 Å². The Hall–Kier alpha value is -1.81. The van der Waals surface area contributed by atoms with Crippen LogP contribution in [0.3, 0.4) is 0 Å². The molecular formula is C13H15NO3. The summed E-state index contributed by atoms with van der Waals surface area (Å²) in [6, 6.07) is 9.15. The summed E-state index contributed by atoms with van der Waals surface area (Å²) in [5.74, 6) is 1.46. The third-order valence-corrected chi connectivity index (χ3v) is 2.57. The van der Waals surface area contributed by atoms with Gasteiger partial charge in [-0.2, -0.15) is 0 Å². The normalized spacial score (nSPS) is 12.4. The smallest absolute Gasteiger partial charge is 0.139 e. The van der Waals surface area contributed by atoms with E-state index in [1.807, 2.05) is 37.3 Å². The molecule has 1 heterocycles. The van der Waals surface area contributed by atoms with E-state index in [9.17, 15) is 5.11 Å². The molecule has 0 amide bonds. The van der Waals surface area contributed by atoms with Crippen LogP contribution in [-0.2, 0) is 6.42 Å². The first-order valence-corrected chi connectivity index (χ1v) is 5.43. The lowest BCUT2D eigenvalue weighted by atomic mass is 10.1. The maximum absolute atomic E-state index is 10.0. The van der Waals surface area contributed by atoms with E-state index >= 15 is 0 Å². The molecule has 0 radical (unpaired) electrons. The molecule has 4 nitrogen and oxygen atoms in total. The van der Waals surface area contributed by atoms with Crippen LogP contribution in [0.15, 0.2) is 34.9 Å². The fourth-order valence-electron chi connectivity index (χ4n) is 1.65. The third kappa shape index (κ3) is 2.85. The Morgan fingerprint density at radius 1 is 1.35 bits per heavy atom. The molecule has 0 aliphatic rings. The summed E-state index contributed by atoms with van der Waals surface area (Å²) in [6.45, 7) is 1.85. The van der Waals surface area contributed by atoms with Crippen molar-refractivity contribution < 1.29 is 14.4 Å². The minimum atomic E-state index is -0.590. The minimum Gasteiger partial charge on any atom is -0.497 e. The van der Waals surface area contributed by atoms with Crippen molar-refractivity contribution in [2.24, 2.45) is 0 Å². The van der Waals surface area contributed by atoms with E-state index in [-0.39, 0.29) is 0 Å². The Labute approximate surface area is 99.8 Å². The van der Waals surface area contributed by atoms with Gasteiger partial charge in [0.2, 0.25) is 0 Å². The molecule has 0 spiro atoms. The van der Waals surface area contributed by atoms with Gasteiger partial charge in [0, 0.05) is 12.5 Å². The van der Waals surface area contributed by atoms with Crippen molar-refractivity contribution in [3.63, 3.8) is 0 Å². The van der Waals surface area contributed by atoms with Crippen LogP contribution in [0.1, 0.15) is 23.1 Å². The van der Waals surface area contributed by atoms with Crippen molar-refractivity contribution in [2.75, 3.05) is 7.11 Å². The Balaban J connectivity index is 2.06. The molecule has 0 bridgehead atoms. The average molecular weight is 233 g/mol. The van der Waals surface area contributed by atoms with E-state index in [1.165, 1.54) is 0 Å². The zero-order valence-electron chi connectivity index (χ0n) is 9.88. The van der Waals surface area contributed by atoms with E-state index in [4.69, 9.17) is 9.26 Å². The van der Waals surface area contributed by atoms with Crippen molar-refractivity contribution in [1.29, 1.82) is 0 Å². The Morgan fingerprint density at radius 3 is 2.59 bits per heavy atom. The molecule has 17 heavy (non-hydrogen) atoms. The van der Waals surface area contributed by atoms with Gasteiger partial charge in [-0.1, -0.05) is 17.3 Å². The van der Waals surface area contributed by atoms with Gasteiger partial charge in [-0.25, -0.2) is 0 Å². The van der Waals surface area contributed by atoms with Crippen LogP contribution in [-0.4, -0.2) is 17.4 Å². The van der Waals surface area contributed by atoms with Gasteiger partial charge in [-0.3, -0.25) is 0 Å². The molecule has 1 aromatic heterocycles. The molecule has 0 saturated carbocycles. The SMILES string of the molecule is COc1ccc(C(O)Cc2cc(C)no2)cc1. The predicted molar refractivity (Wildman–Crippen MR) is 62.9 cm³/mol. The van der Waals surface area contributed by atoms with Crippen molar-refractivity contribution in [2.45, 2.75) is 19.4 Å². The standard InChI is InChI=1S/C13H15NO3/c1-9-7-12(17-14-9)8-13(15)10-3-5-11(16-2)6-4-10/h3-7,13,15H,8H2,1-2H3. The summed E-state index contributed by atoms with van der Waals surface area (Å²) in [7, 11) is 1.61. The molecular weight excluding hydrogens is 218 g/mol. The van der Waals surface area contributed by atoms with Crippen LogP contribution in [0.25, 0.3) is 0 Å². The molecule has 1 N–H and O–H groups in total. The molecule has 1 atom stereocenters. The maximum atomic E-state index is 10.0. The maximum Gasteiger partial charge on any atom is 0.139 e. The van der Waals surface area contributed by atoms with E-state index < -0.39 is 6.10 Å². The van der Waals surface area contributed by atoms with Gasteiger partial charge in [0.25, 0.3) is 0 Å². The lowest BCUT2D eigenvalue weighted by molar-refractivity contribution is 0.166. The highest BCUT2D eigenvalue weighted by atomic mass is 16.5. The topological polar surface area (TPSA) is 55.5 Å². The average Bonchev–Trinajstić information content (AvgIpc) is 2.75. The number of aliphatic hydroxyl groups excluding tert-OH is 1. The van der Waals surface area contributed by atoms with Crippen LogP contribution in [0.5, 0.6) is 5.75 Å². The van der Waals surface area contributed by atoms with Gasteiger partial charge in [0.1, 0.15) is 11.5 Å². The number of nitrogens with zero attached hydrogens (tertiary/aromatic N) is 1. The molecule has 0 aliphatic carbocycles. The Morgan fingerprint density at radius 2 is 2.06 bits per heavy atom. The highest BCUT2D eigenvalue weighted by Gasteiger charge is 2.11. The summed E-state index contributed by atoms with van der Waals surface area (Å²) < 4.78 is 10.1. The van der Waals surface area contributed by atoms with Crippen LogP contribution in [0, 0.1) is 6.92 Å². The molecule has 2 aromatic rings. The molecule has 1 unspecified atom stereocenters. The Kier molecular flexibility index (Phi) is 3.44. The monoisotopic (exact) mass is 233 g/mol. The van der Waals surface area contributed by atoms with Gasteiger partial charge in [-0.15, -0.1) is 0 Å². The summed E-state index contributed by atoms with van der Waals surface area (Å²) in [5, 5.41) is 13.8. The number of aromatic nitrogens is 1. The summed E-state index contributed by atoms with van der Waals surface area (Å²) in [4.78, 5) is 0. The van der Waals surface area contributed by atoms with Gasteiger partial charge in [-0.05, 0) is 24.6 Å². The van der Waals surface area contributed by atoms with E-state index in [1.54, 1.807) is 7.11 Å². The molecule has 90 valence electrons. The summed E-state index contributed by atoms with van der Waals surface area (Å²) in [5.41, 5.74) is 1.65. The van der Waals surface area contributed by atoms with Gasteiger partial charge in [0.15, 0.2) is 0 Å². The second kappa shape index (κ2) is 5.01. The highest BCUT2D eigenvalue weighted by Crippen LogP contribution is 2.21. The third-order valence-electron chi connectivity index (χ3n) is 2.57. The molecule has 0 fully saturated rings. The number of methoxy groups -OCH3 is 1. The predicted octanol–water partition coefficient (Wildman–Crippen LogP) is 2.27. The van der Waals surface area contributed by atoms with E-state index in [0.717, 1.165) is 17.0 Å². The lowest BCUT2D eigenvalue weighted by Crippen LogP contribution is -2.00. The summed E-state index contributed by atoms with van der Waals surface area (Å²) in [6.07, 6.45) is -0.166. The minimum absolute atomic E-state index is 0.424. The zero-order valence-corrected chi connectivity index (χ0v) is 9.88. The number of aliphatic hydroxyl groups is 1. The van der Waals surface area contributed by atoms with Crippen LogP contribution in [0.4, 0.5) is 0 Å². The second-order valence-electron chi connectivity index (χ2n) is 3.93. The first-order chi connectivity index (χ1) is 8.19. The van der Waals surface area contributed by atoms with Crippen molar-refractivity contribution >= 4 is 0 Å². The number of aryl methyl sites for hydroxylation is 1. The van der Waals surface area contributed by atoms with Crippen LogP contribution in [0.2, 0.25) is 0 Å². The van der Waals surface area contributed by atoms with E-state index in [0.29, 0.717) is 12.2 Å². The fraction of sp³-hybridized carbons (Fsp3) is 0.308. The summed E-state index contributed by atoms with van der Waals surface area (Å²) >= 11 is 0. The largest absolute Gasteiger partial charge is 0.497 e. The van der Waals surface area contributed by atoms with Crippen molar-refractivity contribution in [1.82, 2.24) is 5.16 Å². The molecule has 0 aliphatic heterocycles. The Bertz CT molecular complexity index is 476. The molecule has 1 aromatic carbocycles. The first-order valence-electron chi connectivity index (χ1n) is 5.43. The van der Waals surface area contributed by atoms with Gasteiger partial charge in [0.05, 0.1) is 18.9 Å². The van der Waals surface area contributed by atoms with Crippen molar-refractivity contribution in [3.8, 4) is 5.75 Å². The number of hydrogen-bond acceptors (Lipinski definition) is 4. The highest BCUT2D eigenvalue weighted by molar-refractivity contribution is 5.28. The lowest BCUT2D eigenvalue weighted by Gasteiger charge is -2.09. The van der Waals surface area contributed by atoms with Crippen LogP contribution < -0.4 is 4.74 Å². The number of ether oxygens (including phenoxy) is 1. The molecule has 0 saturated heterocycles. The molecule has 4 heteroatoms. The fourth-order valence-corrected chi connectivity index (χ4v) is 1.65. The number of rotatable bonds is 4. The second-order valence-corrected chi connectivity index (χ2v) is 3.93.